The molecule has 0 N–H and O–H groups in total. The second-order valence-corrected chi connectivity index (χ2v) is 4.85. The minimum atomic E-state index is -0.150. The van der Waals surface area contributed by atoms with Gasteiger partial charge in [-0.15, -0.1) is 0 Å². The third-order valence-corrected chi connectivity index (χ3v) is 3.44. The number of carbonyl (C=O) groups is 1. The van der Waals surface area contributed by atoms with Gasteiger partial charge in [0.1, 0.15) is 0 Å². The van der Waals surface area contributed by atoms with Crippen molar-refractivity contribution in [1.82, 2.24) is 5.06 Å². The first-order chi connectivity index (χ1) is 9.70. The third-order valence-electron chi connectivity index (χ3n) is 3.19. The number of fused-ring (bicyclic) bond motifs is 1. The molecule has 0 radical (unpaired) electrons. The van der Waals surface area contributed by atoms with Crippen molar-refractivity contribution >= 4 is 29.3 Å². The lowest BCUT2D eigenvalue weighted by Crippen LogP contribution is -2.21. The fraction of sp³-hybridized carbons (Fsp3) is 0.0625. The molecule has 0 aliphatic carbocycles. The van der Waals surface area contributed by atoms with E-state index < -0.39 is 0 Å². The van der Waals surface area contributed by atoms with Crippen LogP contribution in [0.5, 0.6) is 0 Å². The Labute approximate surface area is 122 Å². The molecular formula is C16H12ClNO2. The lowest BCUT2D eigenvalue weighted by atomic mass is 10.1. The minimum Gasteiger partial charge on any atom is -0.269 e. The summed E-state index contributed by atoms with van der Waals surface area (Å²) in [6.45, 7) is 0. The lowest BCUT2D eigenvalue weighted by molar-refractivity contribution is -0.0451. The van der Waals surface area contributed by atoms with E-state index in [0.29, 0.717) is 10.6 Å². The van der Waals surface area contributed by atoms with Gasteiger partial charge in [0, 0.05) is 10.6 Å². The van der Waals surface area contributed by atoms with Crippen molar-refractivity contribution in [2.75, 3.05) is 7.11 Å². The van der Waals surface area contributed by atoms with Gasteiger partial charge in [-0.1, -0.05) is 41.9 Å². The van der Waals surface area contributed by atoms with Crippen LogP contribution in [0.3, 0.4) is 0 Å². The highest BCUT2D eigenvalue weighted by Crippen LogP contribution is 2.34. The van der Waals surface area contributed by atoms with E-state index in [1.54, 1.807) is 6.07 Å². The van der Waals surface area contributed by atoms with Crippen molar-refractivity contribution in [3.8, 4) is 0 Å². The summed E-state index contributed by atoms with van der Waals surface area (Å²) in [5.41, 5.74) is 3.20. The summed E-state index contributed by atoms with van der Waals surface area (Å²) in [5.74, 6) is -0.150. The fourth-order valence-corrected chi connectivity index (χ4v) is 2.38. The predicted molar refractivity (Wildman–Crippen MR) is 78.9 cm³/mol. The largest absolute Gasteiger partial charge is 0.282 e. The number of rotatable bonds is 2. The van der Waals surface area contributed by atoms with Crippen molar-refractivity contribution in [3.05, 3.63) is 70.2 Å². The molecule has 2 aromatic rings. The van der Waals surface area contributed by atoms with Crippen LogP contribution in [0.2, 0.25) is 5.02 Å². The van der Waals surface area contributed by atoms with E-state index in [9.17, 15) is 4.79 Å². The molecule has 0 unspecified atom stereocenters. The topological polar surface area (TPSA) is 29.5 Å². The van der Waals surface area contributed by atoms with Gasteiger partial charge in [0.05, 0.1) is 18.4 Å². The minimum absolute atomic E-state index is 0.150. The van der Waals surface area contributed by atoms with E-state index in [4.69, 9.17) is 16.4 Å². The first kappa shape index (κ1) is 12.9. The van der Waals surface area contributed by atoms with Crippen LogP contribution in [0.15, 0.2) is 48.5 Å². The summed E-state index contributed by atoms with van der Waals surface area (Å²) < 4.78 is 0. The Morgan fingerprint density at radius 3 is 2.35 bits per heavy atom. The Hall–Kier alpha value is -2.10. The molecule has 0 saturated heterocycles. The SMILES string of the molecule is CON1C(=O)c2ccccc2/C1=C\c1ccc(Cl)cc1. The van der Waals surface area contributed by atoms with E-state index in [0.717, 1.165) is 16.8 Å². The molecule has 1 amide bonds. The Bertz CT molecular complexity index is 692. The number of carbonyl (C=O) groups excluding carboxylic acids is 1. The molecule has 3 rings (SSSR count). The maximum Gasteiger partial charge on any atom is 0.282 e. The van der Waals surface area contributed by atoms with Crippen molar-refractivity contribution in [3.63, 3.8) is 0 Å². The van der Waals surface area contributed by atoms with Gasteiger partial charge in [0.15, 0.2) is 0 Å². The number of hydroxylamine groups is 2. The molecule has 1 aliphatic heterocycles. The van der Waals surface area contributed by atoms with Crippen LogP contribution in [0.1, 0.15) is 21.5 Å². The van der Waals surface area contributed by atoms with Crippen LogP contribution in [-0.2, 0) is 4.84 Å². The zero-order valence-electron chi connectivity index (χ0n) is 10.8. The number of halogens is 1. The van der Waals surface area contributed by atoms with Crippen LogP contribution >= 0.6 is 11.6 Å². The summed E-state index contributed by atoms with van der Waals surface area (Å²) in [4.78, 5) is 17.4. The number of amides is 1. The normalized spacial score (nSPS) is 15.8. The molecule has 100 valence electrons. The van der Waals surface area contributed by atoms with Crippen molar-refractivity contribution in [2.45, 2.75) is 0 Å². The molecule has 1 aliphatic rings. The summed E-state index contributed by atoms with van der Waals surface area (Å²) >= 11 is 5.88. The molecule has 0 aromatic heterocycles. The molecule has 0 spiro atoms. The Morgan fingerprint density at radius 1 is 1.05 bits per heavy atom. The summed E-state index contributed by atoms with van der Waals surface area (Å²) in [6, 6.07) is 14.9. The molecule has 20 heavy (non-hydrogen) atoms. The van der Waals surface area contributed by atoms with Gasteiger partial charge in [-0.3, -0.25) is 9.63 Å². The number of hydrogen-bond donors (Lipinski definition) is 0. The number of benzene rings is 2. The van der Waals surface area contributed by atoms with E-state index >= 15 is 0 Å². The fourth-order valence-electron chi connectivity index (χ4n) is 2.26. The molecule has 0 bridgehead atoms. The highest BCUT2D eigenvalue weighted by molar-refractivity contribution is 6.30. The second kappa shape index (κ2) is 5.12. The van der Waals surface area contributed by atoms with Crippen LogP contribution in [0, 0.1) is 0 Å². The van der Waals surface area contributed by atoms with Gasteiger partial charge < -0.3 is 0 Å². The molecule has 3 nitrogen and oxygen atoms in total. The van der Waals surface area contributed by atoms with Crippen LogP contribution in [0.4, 0.5) is 0 Å². The van der Waals surface area contributed by atoms with Crippen molar-refractivity contribution in [1.29, 1.82) is 0 Å². The average molecular weight is 286 g/mol. The van der Waals surface area contributed by atoms with Crippen molar-refractivity contribution < 1.29 is 9.63 Å². The monoisotopic (exact) mass is 285 g/mol. The maximum atomic E-state index is 12.2. The van der Waals surface area contributed by atoms with Gasteiger partial charge in [0.25, 0.3) is 5.91 Å². The molecule has 2 aromatic carbocycles. The van der Waals surface area contributed by atoms with Gasteiger partial charge in [-0.05, 0) is 29.8 Å². The van der Waals surface area contributed by atoms with E-state index in [1.807, 2.05) is 48.5 Å². The second-order valence-electron chi connectivity index (χ2n) is 4.41. The molecule has 0 atom stereocenters. The van der Waals surface area contributed by atoms with Crippen LogP contribution in [0.25, 0.3) is 11.8 Å². The number of nitrogens with zero attached hydrogens (tertiary/aromatic N) is 1. The van der Waals surface area contributed by atoms with Gasteiger partial charge in [0.2, 0.25) is 0 Å². The molecule has 0 fully saturated rings. The van der Waals surface area contributed by atoms with Crippen LogP contribution < -0.4 is 0 Å². The quantitative estimate of drug-likeness (QED) is 0.839. The lowest BCUT2D eigenvalue weighted by Gasteiger charge is -2.14. The first-order valence-electron chi connectivity index (χ1n) is 6.16. The first-order valence-corrected chi connectivity index (χ1v) is 6.54. The van der Waals surface area contributed by atoms with E-state index in [1.165, 1.54) is 12.2 Å². The molecule has 1 heterocycles. The number of hydrogen-bond acceptors (Lipinski definition) is 2. The van der Waals surface area contributed by atoms with Gasteiger partial charge in [-0.2, -0.15) is 5.06 Å². The molecule has 4 heteroatoms. The standard InChI is InChI=1S/C16H12ClNO2/c1-20-18-15(10-11-6-8-12(17)9-7-11)13-4-2-3-5-14(13)16(18)19/h2-10H,1H3/b15-10+. The highest BCUT2D eigenvalue weighted by Gasteiger charge is 2.32. The smallest absolute Gasteiger partial charge is 0.269 e. The van der Waals surface area contributed by atoms with Crippen molar-refractivity contribution in [2.24, 2.45) is 0 Å². The highest BCUT2D eigenvalue weighted by atomic mass is 35.5. The van der Waals surface area contributed by atoms with Gasteiger partial charge in [-0.25, -0.2) is 0 Å². The molecule has 0 saturated carbocycles. The zero-order chi connectivity index (χ0) is 14.1. The Morgan fingerprint density at radius 2 is 1.70 bits per heavy atom. The van der Waals surface area contributed by atoms with E-state index in [2.05, 4.69) is 0 Å². The summed E-state index contributed by atoms with van der Waals surface area (Å²) in [7, 11) is 1.49. The van der Waals surface area contributed by atoms with Crippen LogP contribution in [-0.4, -0.2) is 18.1 Å². The zero-order valence-corrected chi connectivity index (χ0v) is 11.6. The summed E-state index contributed by atoms with van der Waals surface area (Å²) in [5, 5.41) is 1.98. The summed E-state index contributed by atoms with van der Waals surface area (Å²) in [6.07, 6.45) is 1.91. The van der Waals surface area contributed by atoms with Gasteiger partial charge >= 0.3 is 0 Å². The Kier molecular flexibility index (Phi) is 3.30. The predicted octanol–water partition coefficient (Wildman–Crippen LogP) is 3.86. The average Bonchev–Trinajstić information content (AvgIpc) is 2.74. The van der Waals surface area contributed by atoms with E-state index in [-0.39, 0.29) is 5.91 Å². The molecular weight excluding hydrogens is 274 g/mol. The Balaban J connectivity index is 2.11. The maximum absolute atomic E-state index is 12.2. The third kappa shape index (κ3) is 2.11.